The molecular weight excluding hydrogens is 285 g/mol. The molecule has 0 aromatic heterocycles. The Morgan fingerprint density at radius 1 is 1.40 bits per heavy atom. The Morgan fingerprint density at radius 3 is 2.65 bits per heavy atom. The van der Waals surface area contributed by atoms with Crippen molar-refractivity contribution in [2.24, 2.45) is 0 Å². The van der Waals surface area contributed by atoms with Crippen LogP contribution in [-0.4, -0.2) is 43.6 Å². The summed E-state index contributed by atoms with van der Waals surface area (Å²) in [6.07, 6.45) is 0. The molecule has 0 radical (unpaired) electrons. The number of carbonyl (C=O) groups excluding carboxylic acids is 1. The van der Waals surface area contributed by atoms with Gasteiger partial charge >= 0.3 is 5.97 Å². The minimum atomic E-state index is -1.36. The Labute approximate surface area is 117 Å². The molecule has 1 aromatic rings. The van der Waals surface area contributed by atoms with Gasteiger partial charge in [-0.15, -0.1) is 0 Å². The average Bonchev–Trinajstić information content (AvgIpc) is 2.37. The van der Waals surface area contributed by atoms with Gasteiger partial charge in [-0.25, -0.2) is 9.18 Å². The van der Waals surface area contributed by atoms with Crippen LogP contribution >= 0.6 is 0 Å². The van der Waals surface area contributed by atoms with Crippen LogP contribution in [0.3, 0.4) is 0 Å². The molecule has 108 valence electrons. The van der Waals surface area contributed by atoms with E-state index in [2.05, 4.69) is 0 Å². The standard InChI is InChI=1S/C13H14FNO4S/c1-8(16)15-11(9-3-2-4-10(14)5-9)6-20(19)7-12(15)13(17)18/h2-5,11-12H,6-7H2,1H3,(H,17,18). The maximum absolute atomic E-state index is 13.3. The highest BCUT2D eigenvalue weighted by atomic mass is 32.2. The summed E-state index contributed by atoms with van der Waals surface area (Å²) in [6, 6.07) is 3.76. The minimum absolute atomic E-state index is 0.0965. The molecule has 3 unspecified atom stereocenters. The summed E-state index contributed by atoms with van der Waals surface area (Å²) in [5.74, 6) is -2.08. The number of nitrogens with zero attached hydrogens (tertiary/aromatic N) is 1. The first-order valence-electron chi connectivity index (χ1n) is 6.02. The average molecular weight is 299 g/mol. The van der Waals surface area contributed by atoms with Crippen molar-refractivity contribution < 1.29 is 23.3 Å². The molecule has 2 rings (SSSR count). The van der Waals surface area contributed by atoms with Crippen LogP contribution < -0.4 is 0 Å². The molecule has 1 aliphatic heterocycles. The molecule has 0 saturated carbocycles. The third-order valence-corrected chi connectivity index (χ3v) is 4.62. The van der Waals surface area contributed by atoms with Gasteiger partial charge in [0.05, 0.1) is 11.8 Å². The number of rotatable bonds is 2. The minimum Gasteiger partial charge on any atom is -0.480 e. The number of hydrogen-bond acceptors (Lipinski definition) is 3. The molecule has 5 nitrogen and oxygen atoms in total. The molecule has 3 atom stereocenters. The second-order valence-corrected chi connectivity index (χ2v) is 6.17. The fraction of sp³-hybridized carbons (Fsp3) is 0.385. The van der Waals surface area contributed by atoms with E-state index >= 15 is 0 Å². The first-order valence-corrected chi connectivity index (χ1v) is 7.51. The molecule has 0 bridgehead atoms. The van der Waals surface area contributed by atoms with E-state index in [1.807, 2.05) is 0 Å². The predicted molar refractivity (Wildman–Crippen MR) is 71.0 cm³/mol. The third-order valence-electron chi connectivity index (χ3n) is 3.24. The predicted octanol–water partition coefficient (Wildman–Crippen LogP) is 0.931. The lowest BCUT2D eigenvalue weighted by Gasteiger charge is -2.39. The summed E-state index contributed by atoms with van der Waals surface area (Å²) in [4.78, 5) is 24.2. The molecule has 1 heterocycles. The van der Waals surface area contributed by atoms with Crippen molar-refractivity contribution in [3.8, 4) is 0 Å². The number of aliphatic carboxylic acids is 1. The zero-order valence-electron chi connectivity index (χ0n) is 10.8. The van der Waals surface area contributed by atoms with Crippen molar-refractivity contribution in [1.82, 2.24) is 4.90 Å². The lowest BCUT2D eigenvalue weighted by Crippen LogP contribution is -2.54. The maximum atomic E-state index is 13.3. The van der Waals surface area contributed by atoms with Crippen LogP contribution in [-0.2, 0) is 20.4 Å². The molecule has 1 N–H and O–H groups in total. The van der Waals surface area contributed by atoms with Crippen LogP contribution in [0.4, 0.5) is 4.39 Å². The van der Waals surface area contributed by atoms with Gasteiger partial charge in [0.2, 0.25) is 5.91 Å². The van der Waals surface area contributed by atoms with Crippen LogP contribution in [0.2, 0.25) is 0 Å². The monoisotopic (exact) mass is 299 g/mol. The summed E-state index contributed by atoms with van der Waals surface area (Å²) in [5.41, 5.74) is 0.458. The zero-order valence-corrected chi connectivity index (χ0v) is 11.6. The Kier molecular flexibility index (Phi) is 4.17. The van der Waals surface area contributed by atoms with Crippen LogP contribution in [0.15, 0.2) is 24.3 Å². The normalized spacial score (nSPS) is 26.3. The van der Waals surface area contributed by atoms with Gasteiger partial charge in [0, 0.05) is 23.5 Å². The maximum Gasteiger partial charge on any atom is 0.327 e. The van der Waals surface area contributed by atoms with Crippen molar-refractivity contribution >= 4 is 22.7 Å². The topological polar surface area (TPSA) is 74.7 Å². The summed E-state index contributed by atoms with van der Waals surface area (Å²) in [7, 11) is -1.36. The second kappa shape index (κ2) is 5.70. The number of carboxylic acid groups (broad SMARTS) is 1. The summed E-state index contributed by atoms with van der Waals surface area (Å²) in [6.45, 7) is 1.26. The SMILES string of the molecule is CC(=O)N1C(C(=O)O)CS(=O)CC1c1cccc(F)c1. The smallest absolute Gasteiger partial charge is 0.327 e. The van der Waals surface area contributed by atoms with Crippen molar-refractivity contribution in [3.05, 3.63) is 35.6 Å². The fourth-order valence-corrected chi connectivity index (χ4v) is 3.89. The Balaban J connectivity index is 2.44. The molecular formula is C13H14FNO4S. The van der Waals surface area contributed by atoms with E-state index in [1.54, 1.807) is 6.07 Å². The Hall–Kier alpha value is -1.76. The summed E-state index contributed by atoms with van der Waals surface area (Å²) in [5, 5.41) is 9.19. The van der Waals surface area contributed by atoms with E-state index in [0.29, 0.717) is 5.56 Å². The van der Waals surface area contributed by atoms with Crippen LogP contribution in [0, 0.1) is 5.82 Å². The van der Waals surface area contributed by atoms with Gasteiger partial charge in [-0.05, 0) is 17.7 Å². The van der Waals surface area contributed by atoms with E-state index in [4.69, 9.17) is 0 Å². The molecule has 1 fully saturated rings. The number of amides is 1. The van der Waals surface area contributed by atoms with Gasteiger partial charge in [-0.3, -0.25) is 9.00 Å². The fourth-order valence-electron chi connectivity index (χ4n) is 2.40. The van der Waals surface area contributed by atoms with E-state index in [9.17, 15) is 23.3 Å². The lowest BCUT2D eigenvalue weighted by atomic mass is 10.0. The number of benzene rings is 1. The molecule has 7 heteroatoms. The number of halogens is 1. The summed E-state index contributed by atoms with van der Waals surface area (Å²) < 4.78 is 25.1. The van der Waals surface area contributed by atoms with E-state index in [1.165, 1.54) is 30.0 Å². The van der Waals surface area contributed by atoms with E-state index < -0.39 is 40.6 Å². The van der Waals surface area contributed by atoms with Crippen LogP contribution in [0.5, 0.6) is 0 Å². The third kappa shape index (κ3) is 2.87. The van der Waals surface area contributed by atoms with Crippen LogP contribution in [0.1, 0.15) is 18.5 Å². The first kappa shape index (κ1) is 14.6. The van der Waals surface area contributed by atoms with Crippen molar-refractivity contribution in [3.63, 3.8) is 0 Å². The molecule has 1 amide bonds. The van der Waals surface area contributed by atoms with Gasteiger partial charge in [0.15, 0.2) is 0 Å². The number of carboxylic acids is 1. The van der Waals surface area contributed by atoms with Gasteiger partial charge < -0.3 is 10.0 Å². The van der Waals surface area contributed by atoms with Crippen molar-refractivity contribution in [2.45, 2.75) is 19.0 Å². The van der Waals surface area contributed by atoms with E-state index in [0.717, 1.165) is 0 Å². The zero-order chi connectivity index (χ0) is 14.9. The Morgan fingerprint density at radius 2 is 2.10 bits per heavy atom. The molecule has 0 aliphatic carbocycles. The highest BCUT2D eigenvalue weighted by Gasteiger charge is 2.40. The highest BCUT2D eigenvalue weighted by molar-refractivity contribution is 7.85. The molecule has 0 spiro atoms. The molecule has 1 aromatic carbocycles. The van der Waals surface area contributed by atoms with Gasteiger partial charge in [-0.2, -0.15) is 0 Å². The van der Waals surface area contributed by atoms with Gasteiger partial charge in [0.25, 0.3) is 0 Å². The van der Waals surface area contributed by atoms with Crippen molar-refractivity contribution in [1.29, 1.82) is 0 Å². The molecule has 1 aliphatic rings. The first-order chi connectivity index (χ1) is 9.40. The largest absolute Gasteiger partial charge is 0.480 e. The number of carbonyl (C=O) groups is 2. The summed E-state index contributed by atoms with van der Waals surface area (Å²) >= 11 is 0. The molecule has 1 saturated heterocycles. The van der Waals surface area contributed by atoms with Gasteiger partial charge in [-0.1, -0.05) is 12.1 Å². The quantitative estimate of drug-likeness (QED) is 0.881. The van der Waals surface area contributed by atoms with Gasteiger partial charge in [0.1, 0.15) is 11.9 Å². The number of hydrogen-bond donors (Lipinski definition) is 1. The Bertz CT molecular complexity index is 577. The van der Waals surface area contributed by atoms with E-state index in [-0.39, 0.29) is 11.5 Å². The van der Waals surface area contributed by atoms with Crippen molar-refractivity contribution in [2.75, 3.05) is 11.5 Å². The second-order valence-electron chi connectivity index (χ2n) is 4.62. The highest BCUT2D eigenvalue weighted by Crippen LogP contribution is 2.29. The molecule has 20 heavy (non-hydrogen) atoms. The lowest BCUT2D eigenvalue weighted by molar-refractivity contribution is -0.150. The van der Waals surface area contributed by atoms with Crippen LogP contribution in [0.25, 0.3) is 0 Å².